The highest BCUT2D eigenvalue weighted by Crippen LogP contribution is 2.10. The van der Waals surface area contributed by atoms with E-state index in [0.29, 0.717) is 17.7 Å². The Morgan fingerprint density at radius 2 is 1.89 bits per heavy atom. The fraction of sp³-hybridized carbons (Fsp3) is 0.385. The van der Waals surface area contributed by atoms with Crippen LogP contribution in [0, 0.1) is 0 Å². The van der Waals surface area contributed by atoms with Gasteiger partial charge >= 0.3 is 0 Å². The highest BCUT2D eigenvalue weighted by Gasteiger charge is 2.12. The monoisotopic (exact) mass is 249 g/mol. The van der Waals surface area contributed by atoms with Crippen LogP contribution in [0.5, 0.6) is 0 Å². The maximum atomic E-state index is 11.7. The largest absolute Gasteiger partial charge is 0.366 e. The van der Waals surface area contributed by atoms with E-state index >= 15 is 0 Å². The zero-order valence-electron chi connectivity index (χ0n) is 10.5. The normalized spacial score (nSPS) is 11.9. The Morgan fingerprint density at radius 1 is 1.28 bits per heavy atom. The van der Waals surface area contributed by atoms with Crippen LogP contribution < -0.4 is 16.8 Å². The van der Waals surface area contributed by atoms with Gasteiger partial charge in [-0.05, 0) is 30.7 Å². The van der Waals surface area contributed by atoms with E-state index in [4.69, 9.17) is 11.5 Å². The number of hydrogen-bond acceptors (Lipinski definition) is 3. The summed E-state index contributed by atoms with van der Waals surface area (Å²) < 4.78 is 0. The van der Waals surface area contributed by atoms with Crippen molar-refractivity contribution in [3.63, 3.8) is 0 Å². The number of carbonyl (C=O) groups is 2. The molecule has 0 heterocycles. The summed E-state index contributed by atoms with van der Waals surface area (Å²) in [5.74, 6) is -0.706. The van der Waals surface area contributed by atoms with Crippen LogP contribution in [0.4, 0.5) is 5.69 Å². The average Bonchev–Trinajstić information content (AvgIpc) is 2.36. The van der Waals surface area contributed by atoms with Crippen LogP contribution in [0.15, 0.2) is 24.3 Å². The molecule has 0 aliphatic carbocycles. The maximum Gasteiger partial charge on any atom is 0.248 e. The molecular weight excluding hydrogens is 230 g/mol. The molecule has 0 spiro atoms. The van der Waals surface area contributed by atoms with E-state index < -0.39 is 11.9 Å². The average molecular weight is 249 g/mol. The zero-order chi connectivity index (χ0) is 13.5. The fourth-order valence-corrected chi connectivity index (χ4v) is 1.51. The second-order valence-corrected chi connectivity index (χ2v) is 4.18. The van der Waals surface area contributed by atoms with Crippen molar-refractivity contribution in [3.05, 3.63) is 29.8 Å². The van der Waals surface area contributed by atoms with Gasteiger partial charge in [0.2, 0.25) is 11.8 Å². The summed E-state index contributed by atoms with van der Waals surface area (Å²) in [5, 5.41) is 2.70. The molecule has 0 radical (unpaired) electrons. The molecule has 0 saturated carbocycles. The van der Waals surface area contributed by atoms with E-state index in [1.807, 2.05) is 6.92 Å². The number of benzene rings is 1. The lowest BCUT2D eigenvalue weighted by Crippen LogP contribution is -2.35. The van der Waals surface area contributed by atoms with Gasteiger partial charge in [0.1, 0.15) is 0 Å². The fourth-order valence-electron chi connectivity index (χ4n) is 1.51. The molecule has 18 heavy (non-hydrogen) atoms. The molecule has 0 saturated heterocycles. The second-order valence-electron chi connectivity index (χ2n) is 4.18. The van der Waals surface area contributed by atoms with Crippen LogP contribution in [0.3, 0.4) is 0 Å². The minimum Gasteiger partial charge on any atom is -0.366 e. The summed E-state index contributed by atoms with van der Waals surface area (Å²) in [7, 11) is 0. The van der Waals surface area contributed by atoms with Gasteiger partial charge in [0.05, 0.1) is 6.04 Å². The van der Waals surface area contributed by atoms with Crippen molar-refractivity contribution in [3.8, 4) is 0 Å². The van der Waals surface area contributed by atoms with Crippen molar-refractivity contribution >= 4 is 17.5 Å². The third kappa shape index (κ3) is 4.18. The molecule has 0 unspecified atom stereocenters. The van der Waals surface area contributed by atoms with E-state index in [1.165, 1.54) is 0 Å². The number of carbonyl (C=O) groups excluding carboxylic acids is 2. The van der Waals surface area contributed by atoms with Gasteiger partial charge in [-0.25, -0.2) is 0 Å². The van der Waals surface area contributed by atoms with Gasteiger partial charge in [-0.1, -0.05) is 19.8 Å². The van der Waals surface area contributed by atoms with Crippen molar-refractivity contribution in [2.75, 3.05) is 5.32 Å². The quantitative estimate of drug-likeness (QED) is 0.707. The zero-order valence-corrected chi connectivity index (χ0v) is 10.5. The molecule has 0 fully saturated rings. The van der Waals surface area contributed by atoms with E-state index in [2.05, 4.69) is 5.32 Å². The summed E-state index contributed by atoms with van der Waals surface area (Å²) in [6.07, 6.45) is 2.60. The third-order valence-corrected chi connectivity index (χ3v) is 2.64. The number of hydrogen-bond donors (Lipinski definition) is 3. The minimum atomic E-state index is -0.499. The van der Waals surface area contributed by atoms with Crippen LogP contribution in [0.1, 0.15) is 36.5 Å². The molecular formula is C13H19N3O2. The van der Waals surface area contributed by atoms with E-state index in [0.717, 1.165) is 12.8 Å². The van der Waals surface area contributed by atoms with Crippen molar-refractivity contribution in [1.82, 2.24) is 0 Å². The lowest BCUT2D eigenvalue weighted by Gasteiger charge is -2.11. The Hall–Kier alpha value is -1.88. The van der Waals surface area contributed by atoms with E-state index in [-0.39, 0.29) is 5.91 Å². The highest BCUT2D eigenvalue weighted by atomic mass is 16.2. The highest BCUT2D eigenvalue weighted by molar-refractivity contribution is 5.96. The first kappa shape index (κ1) is 14.2. The molecule has 0 aliphatic heterocycles. The minimum absolute atomic E-state index is 0.213. The molecule has 0 aliphatic rings. The van der Waals surface area contributed by atoms with Gasteiger partial charge in [-0.2, -0.15) is 0 Å². The Balaban J connectivity index is 2.56. The second kappa shape index (κ2) is 6.76. The van der Waals surface area contributed by atoms with Gasteiger partial charge in [0, 0.05) is 11.3 Å². The summed E-state index contributed by atoms with van der Waals surface area (Å²) >= 11 is 0. The Morgan fingerprint density at radius 3 is 2.39 bits per heavy atom. The molecule has 1 aromatic carbocycles. The number of anilines is 1. The van der Waals surface area contributed by atoms with Crippen LogP contribution in [0.25, 0.3) is 0 Å². The maximum absolute atomic E-state index is 11.7. The summed E-state index contributed by atoms with van der Waals surface area (Å²) in [4.78, 5) is 22.6. The van der Waals surface area contributed by atoms with E-state index in [1.54, 1.807) is 24.3 Å². The van der Waals surface area contributed by atoms with Crippen LogP contribution in [0.2, 0.25) is 0 Å². The number of primary amides is 1. The lowest BCUT2D eigenvalue weighted by molar-refractivity contribution is -0.117. The SMILES string of the molecule is CCCC[C@H](N)C(=O)Nc1ccc(C(N)=O)cc1. The molecule has 5 N–H and O–H groups in total. The summed E-state index contributed by atoms with van der Waals surface area (Å²) in [5.41, 5.74) is 11.9. The molecule has 5 nitrogen and oxygen atoms in total. The van der Waals surface area contributed by atoms with Crippen molar-refractivity contribution in [1.29, 1.82) is 0 Å². The number of unbranched alkanes of at least 4 members (excludes halogenated alkanes) is 1. The number of rotatable bonds is 6. The van der Waals surface area contributed by atoms with Gasteiger partial charge < -0.3 is 16.8 Å². The predicted molar refractivity (Wildman–Crippen MR) is 71.1 cm³/mol. The van der Waals surface area contributed by atoms with Crippen LogP contribution in [-0.4, -0.2) is 17.9 Å². The summed E-state index contributed by atoms with van der Waals surface area (Å²) in [6, 6.07) is 5.89. The number of nitrogens with one attached hydrogen (secondary N) is 1. The van der Waals surface area contributed by atoms with Gasteiger partial charge in [-0.15, -0.1) is 0 Å². The third-order valence-electron chi connectivity index (χ3n) is 2.64. The molecule has 5 heteroatoms. The number of nitrogens with two attached hydrogens (primary N) is 2. The molecule has 98 valence electrons. The lowest BCUT2D eigenvalue weighted by atomic mass is 10.1. The first-order chi connectivity index (χ1) is 8.54. The van der Waals surface area contributed by atoms with Gasteiger partial charge in [-0.3, -0.25) is 9.59 Å². The predicted octanol–water partition coefficient (Wildman–Crippen LogP) is 1.24. The van der Waals surface area contributed by atoms with Crippen LogP contribution >= 0.6 is 0 Å². The number of amides is 2. The molecule has 0 aromatic heterocycles. The van der Waals surface area contributed by atoms with Crippen molar-refractivity contribution in [2.24, 2.45) is 11.5 Å². The van der Waals surface area contributed by atoms with E-state index in [9.17, 15) is 9.59 Å². The summed E-state index contributed by atoms with van der Waals surface area (Å²) in [6.45, 7) is 2.05. The molecule has 2 amide bonds. The van der Waals surface area contributed by atoms with Crippen molar-refractivity contribution in [2.45, 2.75) is 32.2 Å². The Kier molecular flexibility index (Phi) is 5.32. The van der Waals surface area contributed by atoms with Crippen molar-refractivity contribution < 1.29 is 9.59 Å². The topological polar surface area (TPSA) is 98.2 Å². The standard InChI is InChI=1S/C13H19N3O2/c1-2-3-4-11(14)13(18)16-10-7-5-9(6-8-10)12(15)17/h5-8,11H,2-4,14H2,1H3,(H2,15,17)(H,16,18)/t11-/m0/s1. The molecule has 1 atom stereocenters. The first-order valence-corrected chi connectivity index (χ1v) is 6.01. The van der Waals surface area contributed by atoms with Gasteiger partial charge in [0.25, 0.3) is 0 Å². The first-order valence-electron chi connectivity index (χ1n) is 6.01. The molecule has 0 bridgehead atoms. The Labute approximate surface area is 107 Å². The molecule has 1 rings (SSSR count). The Bertz CT molecular complexity index is 415. The van der Waals surface area contributed by atoms with Gasteiger partial charge in [0.15, 0.2) is 0 Å². The van der Waals surface area contributed by atoms with Crippen LogP contribution in [-0.2, 0) is 4.79 Å². The smallest absolute Gasteiger partial charge is 0.248 e. The molecule has 1 aromatic rings.